The third kappa shape index (κ3) is 1.40. The quantitative estimate of drug-likeness (QED) is 0.385. The van der Waals surface area contributed by atoms with Crippen LogP contribution in [0.3, 0.4) is 0 Å². The SMILES string of the molecule is CC1=N[C@H]2O[C@H](CO)[C@H](O)[C@H](N)[C@H]2N1. The van der Waals surface area contributed by atoms with E-state index >= 15 is 0 Å². The first-order valence-corrected chi connectivity index (χ1v) is 4.64. The summed E-state index contributed by atoms with van der Waals surface area (Å²) in [5, 5.41) is 21.7. The molecule has 0 aromatic carbocycles. The molecule has 0 aromatic rings. The van der Waals surface area contributed by atoms with Gasteiger partial charge in [0.1, 0.15) is 6.10 Å². The zero-order chi connectivity index (χ0) is 10.3. The van der Waals surface area contributed by atoms with E-state index in [0.717, 1.165) is 5.84 Å². The Morgan fingerprint density at radius 2 is 2.36 bits per heavy atom. The smallest absolute Gasteiger partial charge is 0.172 e. The highest BCUT2D eigenvalue weighted by molar-refractivity contribution is 5.81. The van der Waals surface area contributed by atoms with Crippen molar-refractivity contribution in [3.8, 4) is 0 Å². The lowest BCUT2D eigenvalue weighted by Crippen LogP contribution is -2.64. The largest absolute Gasteiger partial charge is 0.394 e. The molecule has 1 fully saturated rings. The summed E-state index contributed by atoms with van der Waals surface area (Å²) >= 11 is 0. The Hall–Kier alpha value is -0.690. The van der Waals surface area contributed by atoms with Gasteiger partial charge in [0, 0.05) is 0 Å². The Balaban J connectivity index is 2.14. The first-order valence-electron chi connectivity index (χ1n) is 4.64. The lowest BCUT2D eigenvalue weighted by Gasteiger charge is -2.38. The Morgan fingerprint density at radius 1 is 1.64 bits per heavy atom. The maximum absolute atomic E-state index is 9.67. The monoisotopic (exact) mass is 201 g/mol. The van der Waals surface area contributed by atoms with Crippen molar-refractivity contribution in [2.45, 2.75) is 37.4 Å². The molecule has 0 amide bonds. The number of nitrogens with zero attached hydrogens (tertiary/aromatic N) is 1. The maximum atomic E-state index is 9.67. The molecule has 2 heterocycles. The molecular formula is C8H15N3O3. The van der Waals surface area contributed by atoms with Crippen molar-refractivity contribution in [2.75, 3.05) is 6.61 Å². The number of aliphatic imine (C=N–C) groups is 1. The second kappa shape index (κ2) is 3.47. The Morgan fingerprint density at radius 3 is 3.00 bits per heavy atom. The van der Waals surface area contributed by atoms with E-state index in [1.54, 1.807) is 0 Å². The van der Waals surface area contributed by atoms with Gasteiger partial charge in [-0.15, -0.1) is 0 Å². The summed E-state index contributed by atoms with van der Waals surface area (Å²) in [6.07, 6.45) is -1.87. The van der Waals surface area contributed by atoms with Crippen molar-refractivity contribution < 1.29 is 14.9 Å². The predicted octanol–water partition coefficient (Wildman–Crippen LogP) is -2.22. The van der Waals surface area contributed by atoms with Gasteiger partial charge in [0.05, 0.1) is 30.6 Å². The number of rotatable bonds is 1. The number of fused-ring (bicyclic) bond motifs is 1. The molecule has 80 valence electrons. The molecule has 2 aliphatic heterocycles. The molecule has 0 bridgehead atoms. The Kier molecular flexibility index (Phi) is 2.44. The van der Waals surface area contributed by atoms with Crippen molar-refractivity contribution in [1.29, 1.82) is 0 Å². The summed E-state index contributed by atoms with van der Waals surface area (Å²) in [5.74, 6) is 0.751. The van der Waals surface area contributed by atoms with Crippen molar-refractivity contribution in [1.82, 2.24) is 5.32 Å². The van der Waals surface area contributed by atoms with E-state index in [9.17, 15) is 5.11 Å². The molecule has 0 radical (unpaired) electrons. The standard InChI is InChI=1S/C8H15N3O3/c1-3-10-6-5(9)7(13)4(2-12)14-8(6)11-3/h4-8,12-13H,2,9H2,1H3,(H,10,11)/t4-,5-,6-,7+,8+/m1/s1. The zero-order valence-corrected chi connectivity index (χ0v) is 7.92. The van der Waals surface area contributed by atoms with Gasteiger partial charge in [0.25, 0.3) is 0 Å². The Bertz CT molecular complexity index is 258. The van der Waals surface area contributed by atoms with E-state index < -0.39 is 18.2 Å². The molecule has 1 saturated heterocycles. The van der Waals surface area contributed by atoms with Gasteiger partial charge in [0.15, 0.2) is 6.23 Å². The van der Waals surface area contributed by atoms with E-state index in [1.165, 1.54) is 0 Å². The lowest BCUT2D eigenvalue weighted by molar-refractivity contribution is -0.145. The van der Waals surface area contributed by atoms with Crippen molar-refractivity contribution in [3.05, 3.63) is 0 Å². The van der Waals surface area contributed by atoms with Gasteiger partial charge >= 0.3 is 0 Å². The minimum atomic E-state index is -0.852. The van der Waals surface area contributed by atoms with E-state index in [4.69, 9.17) is 15.6 Å². The fraction of sp³-hybridized carbons (Fsp3) is 0.875. The van der Waals surface area contributed by atoms with E-state index in [-0.39, 0.29) is 18.9 Å². The molecule has 0 spiro atoms. The third-order valence-corrected chi connectivity index (χ3v) is 2.69. The first kappa shape index (κ1) is 9.85. The van der Waals surface area contributed by atoms with Gasteiger partial charge in [-0.3, -0.25) is 0 Å². The molecule has 0 unspecified atom stereocenters. The second-order valence-electron chi connectivity index (χ2n) is 3.70. The summed E-state index contributed by atoms with van der Waals surface area (Å²) in [7, 11) is 0. The van der Waals surface area contributed by atoms with Crippen LogP contribution in [0.4, 0.5) is 0 Å². The van der Waals surface area contributed by atoms with Gasteiger partial charge in [-0.2, -0.15) is 0 Å². The Labute approximate surface area is 81.8 Å². The number of aliphatic hydroxyl groups is 2. The van der Waals surface area contributed by atoms with E-state index in [0.29, 0.717) is 0 Å². The highest BCUT2D eigenvalue weighted by Gasteiger charge is 2.45. The molecule has 6 heteroatoms. The van der Waals surface area contributed by atoms with Crippen LogP contribution >= 0.6 is 0 Å². The number of ether oxygens (including phenoxy) is 1. The number of aliphatic hydroxyl groups excluding tert-OH is 2. The highest BCUT2D eigenvalue weighted by Crippen LogP contribution is 2.23. The molecule has 0 aromatic heterocycles. The molecule has 0 aliphatic carbocycles. The van der Waals surface area contributed by atoms with Crippen molar-refractivity contribution in [2.24, 2.45) is 10.7 Å². The molecular weight excluding hydrogens is 186 g/mol. The zero-order valence-electron chi connectivity index (χ0n) is 7.92. The highest BCUT2D eigenvalue weighted by atomic mass is 16.5. The lowest BCUT2D eigenvalue weighted by atomic mass is 9.95. The third-order valence-electron chi connectivity index (χ3n) is 2.69. The fourth-order valence-electron chi connectivity index (χ4n) is 1.89. The summed E-state index contributed by atoms with van der Waals surface area (Å²) in [5.41, 5.74) is 5.81. The summed E-state index contributed by atoms with van der Waals surface area (Å²) < 4.78 is 5.38. The minimum Gasteiger partial charge on any atom is -0.394 e. The number of amidine groups is 1. The number of hydrogen-bond donors (Lipinski definition) is 4. The van der Waals surface area contributed by atoms with Gasteiger partial charge < -0.3 is 26.0 Å². The summed E-state index contributed by atoms with van der Waals surface area (Å²) in [6, 6.07) is -0.653. The van der Waals surface area contributed by atoms with Crippen LogP contribution in [0.1, 0.15) is 6.92 Å². The molecule has 2 rings (SSSR count). The average molecular weight is 201 g/mol. The van der Waals surface area contributed by atoms with E-state index in [1.807, 2.05) is 6.92 Å². The van der Waals surface area contributed by atoms with Crippen LogP contribution in [-0.2, 0) is 4.74 Å². The van der Waals surface area contributed by atoms with Crippen LogP contribution in [0.2, 0.25) is 0 Å². The molecule has 5 N–H and O–H groups in total. The van der Waals surface area contributed by atoms with Gasteiger partial charge in [0.2, 0.25) is 0 Å². The van der Waals surface area contributed by atoms with Crippen LogP contribution in [0, 0.1) is 0 Å². The first-order chi connectivity index (χ1) is 6.63. The molecule has 0 saturated carbocycles. The van der Waals surface area contributed by atoms with Crippen molar-refractivity contribution >= 4 is 5.84 Å². The van der Waals surface area contributed by atoms with Crippen LogP contribution in [-0.4, -0.2) is 53.2 Å². The maximum Gasteiger partial charge on any atom is 0.172 e. The molecule has 14 heavy (non-hydrogen) atoms. The second-order valence-corrected chi connectivity index (χ2v) is 3.70. The van der Waals surface area contributed by atoms with Gasteiger partial charge in [-0.1, -0.05) is 0 Å². The predicted molar refractivity (Wildman–Crippen MR) is 49.8 cm³/mol. The summed E-state index contributed by atoms with van der Waals surface area (Å²) in [6.45, 7) is 1.57. The van der Waals surface area contributed by atoms with Gasteiger partial charge in [-0.05, 0) is 6.92 Å². The van der Waals surface area contributed by atoms with Gasteiger partial charge in [-0.25, -0.2) is 4.99 Å². The topological polar surface area (TPSA) is 100 Å². The molecule has 2 aliphatic rings. The fourth-order valence-corrected chi connectivity index (χ4v) is 1.89. The number of nitrogens with two attached hydrogens (primary N) is 1. The van der Waals surface area contributed by atoms with Crippen molar-refractivity contribution in [3.63, 3.8) is 0 Å². The van der Waals surface area contributed by atoms with Crippen LogP contribution in [0.5, 0.6) is 0 Å². The van der Waals surface area contributed by atoms with E-state index in [2.05, 4.69) is 10.3 Å². The molecule has 6 nitrogen and oxygen atoms in total. The van der Waals surface area contributed by atoms with Crippen LogP contribution in [0.15, 0.2) is 4.99 Å². The summed E-state index contributed by atoms with van der Waals surface area (Å²) in [4.78, 5) is 4.17. The molecule has 5 atom stereocenters. The number of nitrogens with one attached hydrogen (secondary N) is 1. The minimum absolute atomic E-state index is 0.187. The van der Waals surface area contributed by atoms with Crippen LogP contribution in [0.25, 0.3) is 0 Å². The van der Waals surface area contributed by atoms with Crippen LogP contribution < -0.4 is 11.1 Å². The normalized spacial score (nSPS) is 46.9. The number of hydrogen-bond acceptors (Lipinski definition) is 6. The average Bonchev–Trinajstić information content (AvgIpc) is 2.52.